The summed E-state index contributed by atoms with van der Waals surface area (Å²) in [5, 5.41) is 10.4. The van der Waals surface area contributed by atoms with E-state index in [1.54, 1.807) is 6.20 Å². The standard InChI is InChI=1S/C16H19N7OS/c1-9-5-12(25-13(9)14(17)24)21-15-16-19-7-11(23(16)4-3-18-15)10-6-20-22(2)8-10/h3-6,10-11H,7-8H2,1-2H3,(H2,17,24)(H,18,21). The first-order chi connectivity index (χ1) is 12.0. The van der Waals surface area contributed by atoms with Crippen molar-refractivity contribution < 1.29 is 4.79 Å². The average molecular weight is 357 g/mol. The molecular weight excluding hydrogens is 338 g/mol. The van der Waals surface area contributed by atoms with Gasteiger partial charge in [-0.3, -0.25) is 14.8 Å². The zero-order chi connectivity index (χ0) is 17.6. The lowest BCUT2D eigenvalue weighted by Crippen LogP contribution is -2.44. The number of fused-ring (bicyclic) bond motifs is 1. The molecule has 0 saturated carbocycles. The maximum atomic E-state index is 11.4. The van der Waals surface area contributed by atoms with Crippen molar-refractivity contribution in [3.63, 3.8) is 0 Å². The number of carbonyl (C=O) groups is 1. The van der Waals surface area contributed by atoms with E-state index in [-0.39, 0.29) is 6.04 Å². The van der Waals surface area contributed by atoms with Gasteiger partial charge in [0.05, 0.1) is 22.5 Å². The van der Waals surface area contributed by atoms with Gasteiger partial charge < -0.3 is 16.0 Å². The third kappa shape index (κ3) is 2.80. The number of anilines is 1. The summed E-state index contributed by atoms with van der Waals surface area (Å²) in [5.41, 5.74) is 6.26. The van der Waals surface area contributed by atoms with Crippen LogP contribution in [0.15, 0.2) is 33.6 Å². The van der Waals surface area contributed by atoms with Crippen LogP contribution in [0.5, 0.6) is 0 Å². The molecule has 4 rings (SSSR count). The van der Waals surface area contributed by atoms with Gasteiger partial charge in [-0.2, -0.15) is 5.10 Å². The first kappa shape index (κ1) is 15.8. The number of aliphatic imine (C=N–C) groups is 2. The summed E-state index contributed by atoms with van der Waals surface area (Å²) in [4.78, 5) is 23.3. The fourth-order valence-electron chi connectivity index (χ4n) is 3.28. The average Bonchev–Trinajstić information content (AvgIpc) is 3.26. The van der Waals surface area contributed by atoms with E-state index in [0.717, 1.165) is 22.9 Å². The Balaban J connectivity index is 1.52. The van der Waals surface area contributed by atoms with E-state index >= 15 is 0 Å². The number of hydrazone groups is 1. The van der Waals surface area contributed by atoms with Crippen molar-refractivity contribution in [2.75, 3.05) is 25.5 Å². The fraction of sp³-hybridized carbons (Fsp3) is 0.375. The van der Waals surface area contributed by atoms with Gasteiger partial charge in [-0.1, -0.05) is 0 Å². The molecule has 0 fully saturated rings. The van der Waals surface area contributed by atoms with Crippen molar-refractivity contribution in [3.05, 3.63) is 28.9 Å². The molecule has 2 atom stereocenters. The summed E-state index contributed by atoms with van der Waals surface area (Å²) in [5.74, 6) is 1.43. The summed E-state index contributed by atoms with van der Waals surface area (Å²) in [7, 11) is 1.98. The first-order valence-corrected chi connectivity index (χ1v) is 8.84. The number of nitrogens with zero attached hydrogens (tertiary/aromatic N) is 5. The number of aryl methyl sites for hydroxylation is 1. The molecule has 0 radical (unpaired) electrons. The second kappa shape index (κ2) is 5.99. The van der Waals surface area contributed by atoms with Crippen LogP contribution in [0.4, 0.5) is 5.00 Å². The lowest BCUT2D eigenvalue weighted by Gasteiger charge is -2.29. The topological polar surface area (TPSA) is 98.7 Å². The molecule has 1 amide bonds. The molecule has 1 aromatic rings. The molecule has 3 aliphatic heterocycles. The van der Waals surface area contributed by atoms with Crippen LogP contribution in [0, 0.1) is 12.8 Å². The molecule has 0 aromatic carbocycles. The number of hydrogen-bond acceptors (Lipinski definition) is 8. The molecule has 4 heterocycles. The molecule has 2 unspecified atom stereocenters. The van der Waals surface area contributed by atoms with Crippen molar-refractivity contribution in [2.45, 2.75) is 13.0 Å². The minimum Gasteiger partial charge on any atom is -0.365 e. The Morgan fingerprint density at radius 3 is 3.00 bits per heavy atom. The molecule has 0 spiro atoms. The SMILES string of the molecule is Cc1cc(NC2=NC=CN3C2=NCC3C2C=NN(C)C2)sc1C(N)=O. The zero-order valence-corrected chi connectivity index (χ0v) is 14.8. The highest BCUT2D eigenvalue weighted by molar-refractivity contribution is 7.18. The highest BCUT2D eigenvalue weighted by atomic mass is 32.1. The van der Waals surface area contributed by atoms with Gasteiger partial charge >= 0.3 is 0 Å². The normalized spacial score (nSPS) is 24.4. The van der Waals surface area contributed by atoms with E-state index in [1.165, 1.54) is 11.3 Å². The van der Waals surface area contributed by atoms with Gasteiger partial charge in [0, 0.05) is 38.1 Å². The maximum Gasteiger partial charge on any atom is 0.259 e. The van der Waals surface area contributed by atoms with Crippen LogP contribution < -0.4 is 11.1 Å². The van der Waals surface area contributed by atoms with Crippen LogP contribution in [0.3, 0.4) is 0 Å². The Morgan fingerprint density at radius 2 is 2.32 bits per heavy atom. The van der Waals surface area contributed by atoms with Crippen molar-refractivity contribution in [3.8, 4) is 0 Å². The van der Waals surface area contributed by atoms with Gasteiger partial charge in [-0.05, 0) is 18.6 Å². The van der Waals surface area contributed by atoms with Crippen molar-refractivity contribution in [1.82, 2.24) is 9.91 Å². The third-order valence-electron chi connectivity index (χ3n) is 4.48. The first-order valence-electron chi connectivity index (χ1n) is 8.03. The van der Waals surface area contributed by atoms with Gasteiger partial charge in [0.1, 0.15) is 0 Å². The lowest BCUT2D eigenvalue weighted by molar-refractivity contribution is 0.100. The number of amidine groups is 2. The highest BCUT2D eigenvalue weighted by Gasteiger charge is 2.37. The van der Waals surface area contributed by atoms with Gasteiger partial charge in [-0.25, -0.2) is 4.99 Å². The van der Waals surface area contributed by atoms with E-state index in [0.29, 0.717) is 23.2 Å². The van der Waals surface area contributed by atoms with E-state index in [1.807, 2.05) is 37.5 Å². The Morgan fingerprint density at radius 1 is 1.48 bits per heavy atom. The fourth-order valence-corrected chi connectivity index (χ4v) is 4.20. The highest BCUT2D eigenvalue weighted by Crippen LogP contribution is 2.28. The predicted molar refractivity (Wildman–Crippen MR) is 100 cm³/mol. The van der Waals surface area contributed by atoms with Crippen molar-refractivity contribution >= 4 is 40.1 Å². The summed E-state index contributed by atoms with van der Waals surface area (Å²) in [6, 6.07) is 2.15. The Hall–Kier alpha value is -2.68. The number of nitrogens with one attached hydrogen (secondary N) is 1. The van der Waals surface area contributed by atoms with Crippen LogP contribution in [-0.2, 0) is 0 Å². The Kier molecular flexibility index (Phi) is 3.79. The quantitative estimate of drug-likeness (QED) is 0.846. The summed E-state index contributed by atoms with van der Waals surface area (Å²) < 4.78 is 0. The molecule has 8 nitrogen and oxygen atoms in total. The molecule has 130 valence electrons. The number of primary amides is 1. The second-order valence-electron chi connectivity index (χ2n) is 6.30. The molecule has 0 saturated heterocycles. The number of hydrogen-bond donors (Lipinski definition) is 2. The Labute approximate surface area is 149 Å². The number of thiophene rings is 1. The molecule has 1 aromatic heterocycles. The molecule has 0 bridgehead atoms. The predicted octanol–water partition coefficient (Wildman–Crippen LogP) is 1.08. The number of amides is 1. The minimum atomic E-state index is -0.412. The summed E-state index contributed by atoms with van der Waals surface area (Å²) in [6.45, 7) is 3.47. The van der Waals surface area contributed by atoms with E-state index in [2.05, 4.69) is 25.3 Å². The van der Waals surface area contributed by atoms with E-state index in [9.17, 15) is 4.79 Å². The third-order valence-corrected chi connectivity index (χ3v) is 5.65. The molecule has 25 heavy (non-hydrogen) atoms. The van der Waals surface area contributed by atoms with Crippen LogP contribution in [-0.4, -0.2) is 59.9 Å². The second-order valence-corrected chi connectivity index (χ2v) is 7.35. The molecule has 3 N–H and O–H groups in total. The van der Waals surface area contributed by atoms with Crippen LogP contribution in [0.2, 0.25) is 0 Å². The number of carbonyl (C=O) groups excluding carboxylic acids is 1. The van der Waals surface area contributed by atoms with Gasteiger partial charge in [0.25, 0.3) is 5.91 Å². The van der Waals surface area contributed by atoms with Gasteiger partial charge in [0.15, 0.2) is 11.7 Å². The van der Waals surface area contributed by atoms with Crippen LogP contribution in [0.25, 0.3) is 0 Å². The molecule has 3 aliphatic rings. The minimum absolute atomic E-state index is 0.249. The summed E-state index contributed by atoms with van der Waals surface area (Å²) >= 11 is 1.33. The van der Waals surface area contributed by atoms with Gasteiger partial charge in [-0.15, -0.1) is 11.3 Å². The Bertz CT molecular complexity index is 838. The zero-order valence-electron chi connectivity index (χ0n) is 14.0. The van der Waals surface area contributed by atoms with Gasteiger partial charge in [0.2, 0.25) is 0 Å². The van der Waals surface area contributed by atoms with Crippen molar-refractivity contribution in [2.24, 2.45) is 26.7 Å². The molecule has 9 heteroatoms. The monoisotopic (exact) mass is 357 g/mol. The lowest BCUT2D eigenvalue weighted by atomic mass is 10.0. The van der Waals surface area contributed by atoms with Crippen LogP contribution >= 0.6 is 11.3 Å². The van der Waals surface area contributed by atoms with Crippen molar-refractivity contribution in [1.29, 1.82) is 0 Å². The van der Waals surface area contributed by atoms with Crippen LogP contribution in [0.1, 0.15) is 15.2 Å². The smallest absolute Gasteiger partial charge is 0.259 e. The molecular formula is C16H19N7OS. The van der Waals surface area contributed by atoms with E-state index in [4.69, 9.17) is 5.73 Å². The number of rotatable bonds is 3. The van der Waals surface area contributed by atoms with E-state index < -0.39 is 5.91 Å². The maximum absolute atomic E-state index is 11.4. The largest absolute Gasteiger partial charge is 0.365 e. The number of nitrogens with two attached hydrogens (primary N) is 1. The summed E-state index contributed by atoms with van der Waals surface area (Å²) in [6.07, 6.45) is 5.73. The molecule has 0 aliphatic carbocycles.